The van der Waals surface area contributed by atoms with Gasteiger partial charge >= 0.3 is 0 Å². The van der Waals surface area contributed by atoms with E-state index in [2.05, 4.69) is 19.1 Å². The molecule has 1 aliphatic rings. The van der Waals surface area contributed by atoms with E-state index in [1.807, 2.05) is 24.0 Å². The van der Waals surface area contributed by atoms with Crippen LogP contribution in [-0.4, -0.2) is 23.4 Å². The zero-order valence-electron chi connectivity index (χ0n) is 12.3. The lowest BCUT2D eigenvalue weighted by Crippen LogP contribution is -2.35. The zero-order chi connectivity index (χ0) is 13.8. The minimum absolute atomic E-state index is 0. The van der Waals surface area contributed by atoms with Crippen molar-refractivity contribution < 1.29 is 4.79 Å². The van der Waals surface area contributed by atoms with Crippen molar-refractivity contribution in [2.45, 2.75) is 45.7 Å². The topological polar surface area (TPSA) is 46.3 Å². The molecular formula is C16H25ClN2O. The third-order valence-corrected chi connectivity index (χ3v) is 4.14. The van der Waals surface area contributed by atoms with E-state index in [9.17, 15) is 4.79 Å². The predicted molar refractivity (Wildman–Crippen MR) is 84.8 cm³/mol. The van der Waals surface area contributed by atoms with Crippen molar-refractivity contribution in [3.8, 4) is 0 Å². The summed E-state index contributed by atoms with van der Waals surface area (Å²) in [5.74, 6) is 0.415. The third-order valence-electron chi connectivity index (χ3n) is 4.14. The van der Waals surface area contributed by atoms with Gasteiger partial charge in [0.05, 0.1) is 0 Å². The third kappa shape index (κ3) is 3.97. The molecular weight excluding hydrogens is 272 g/mol. The van der Waals surface area contributed by atoms with E-state index in [0.717, 1.165) is 25.8 Å². The Hall–Kier alpha value is -1.06. The van der Waals surface area contributed by atoms with Crippen molar-refractivity contribution in [3.05, 3.63) is 35.4 Å². The highest BCUT2D eigenvalue weighted by atomic mass is 35.5. The number of carbonyl (C=O) groups is 1. The Bertz CT molecular complexity index is 450. The maximum atomic E-state index is 12.5. The number of halogens is 1. The molecule has 0 bridgehead atoms. The minimum Gasteiger partial charge on any atom is -0.338 e. The molecule has 1 amide bonds. The number of aryl methyl sites for hydroxylation is 1. The second-order valence-corrected chi connectivity index (χ2v) is 5.55. The Balaban J connectivity index is 0.00000200. The molecule has 0 spiro atoms. The van der Waals surface area contributed by atoms with Crippen LogP contribution in [0.5, 0.6) is 0 Å². The van der Waals surface area contributed by atoms with E-state index in [-0.39, 0.29) is 30.3 Å². The van der Waals surface area contributed by atoms with Gasteiger partial charge in [-0.05, 0) is 44.2 Å². The molecule has 1 saturated carbocycles. The van der Waals surface area contributed by atoms with Gasteiger partial charge in [0.25, 0.3) is 0 Å². The van der Waals surface area contributed by atoms with E-state index in [1.165, 1.54) is 11.1 Å². The van der Waals surface area contributed by atoms with Gasteiger partial charge in [0.1, 0.15) is 0 Å². The van der Waals surface area contributed by atoms with Crippen molar-refractivity contribution >= 4 is 18.3 Å². The first kappa shape index (κ1) is 17.0. The van der Waals surface area contributed by atoms with Gasteiger partial charge in [0.15, 0.2) is 0 Å². The van der Waals surface area contributed by atoms with Crippen molar-refractivity contribution in [1.29, 1.82) is 0 Å². The van der Waals surface area contributed by atoms with E-state index in [1.54, 1.807) is 0 Å². The molecule has 1 aromatic carbocycles. The molecule has 0 aliphatic heterocycles. The lowest BCUT2D eigenvalue weighted by molar-refractivity contribution is -0.135. The van der Waals surface area contributed by atoms with Crippen LogP contribution in [0.15, 0.2) is 24.3 Å². The van der Waals surface area contributed by atoms with Gasteiger partial charge in [0.2, 0.25) is 5.91 Å². The molecule has 1 aromatic rings. The Kier molecular flexibility index (Phi) is 6.50. The number of hydrogen-bond donors (Lipinski definition) is 1. The molecule has 3 nitrogen and oxygen atoms in total. The quantitative estimate of drug-likeness (QED) is 0.928. The summed E-state index contributed by atoms with van der Waals surface area (Å²) in [4.78, 5) is 14.5. The smallest absolute Gasteiger partial charge is 0.226 e. The van der Waals surface area contributed by atoms with Crippen molar-refractivity contribution in [3.63, 3.8) is 0 Å². The molecule has 1 fully saturated rings. The van der Waals surface area contributed by atoms with Crippen LogP contribution in [-0.2, 0) is 11.3 Å². The van der Waals surface area contributed by atoms with Crippen molar-refractivity contribution in [1.82, 2.24) is 4.90 Å². The summed E-state index contributed by atoms with van der Waals surface area (Å²) in [7, 11) is 0. The first-order valence-corrected chi connectivity index (χ1v) is 7.20. The number of carbonyl (C=O) groups excluding carboxylic acids is 1. The second-order valence-electron chi connectivity index (χ2n) is 5.55. The van der Waals surface area contributed by atoms with Crippen LogP contribution in [0, 0.1) is 12.8 Å². The summed E-state index contributed by atoms with van der Waals surface area (Å²) in [6.45, 7) is 5.62. The SMILES string of the molecule is CCN(Cc1ccccc1C)C(=O)C1CCC(N)C1.Cl. The highest BCUT2D eigenvalue weighted by Gasteiger charge is 2.30. The maximum Gasteiger partial charge on any atom is 0.226 e. The predicted octanol–water partition coefficient (Wildman–Crippen LogP) is 2.89. The Morgan fingerprint density at radius 1 is 1.35 bits per heavy atom. The number of benzene rings is 1. The number of nitrogens with two attached hydrogens (primary N) is 1. The molecule has 0 heterocycles. The standard InChI is InChI=1S/C16H24N2O.ClH/c1-3-18(11-14-7-5-4-6-12(14)2)16(19)13-8-9-15(17)10-13;/h4-7,13,15H,3,8-11,17H2,1-2H3;1H. The summed E-state index contributed by atoms with van der Waals surface area (Å²) < 4.78 is 0. The molecule has 1 aliphatic carbocycles. The van der Waals surface area contributed by atoms with Gasteiger partial charge in [-0.15, -0.1) is 12.4 Å². The number of nitrogens with zero attached hydrogens (tertiary/aromatic N) is 1. The van der Waals surface area contributed by atoms with Crippen LogP contribution in [0.2, 0.25) is 0 Å². The Labute approximate surface area is 127 Å². The van der Waals surface area contributed by atoms with Crippen molar-refractivity contribution in [2.75, 3.05) is 6.54 Å². The van der Waals surface area contributed by atoms with Crippen LogP contribution in [0.1, 0.15) is 37.3 Å². The van der Waals surface area contributed by atoms with E-state index in [4.69, 9.17) is 5.73 Å². The maximum absolute atomic E-state index is 12.5. The highest BCUT2D eigenvalue weighted by Crippen LogP contribution is 2.26. The van der Waals surface area contributed by atoms with Gasteiger partial charge in [-0.1, -0.05) is 24.3 Å². The van der Waals surface area contributed by atoms with Gasteiger partial charge in [-0.2, -0.15) is 0 Å². The lowest BCUT2D eigenvalue weighted by atomic mass is 10.0. The fourth-order valence-electron chi connectivity index (χ4n) is 2.84. The van der Waals surface area contributed by atoms with Gasteiger partial charge in [0, 0.05) is 25.0 Å². The summed E-state index contributed by atoms with van der Waals surface area (Å²) in [5, 5.41) is 0. The summed E-state index contributed by atoms with van der Waals surface area (Å²) in [6.07, 6.45) is 2.78. The van der Waals surface area contributed by atoms with Crippen LogP contribution in [0.3, 0.4) is 0 Å². The van der Waals surface area contributed by atoms with Crippen LogP contribution in [0.25, 0.3) is 0 Å². The molecule has 2 rings (SSSR count). The summed E-state index contributed by atoms with van der Waals surface area (Å²) in [5.41, 5.74) is 8.39. The molecule has 2 atom stereocenters. The number of rotatable bonds is 4. The molecule has 2 N–H and O–H groups in total. The average molecular weight is 297 g/mol. The second kappa shape index (κ2) is 7.65. The van der Waals surface area contributed by atoms with E-state index < -0.39 is 0 Å². The summed E-state index contributed by atoms with van der Waals surface area (Å²) in [6, 6.07) is 8.48. The van der Waals surface area contributed by atoms with Crippen LogP contribution in [0.4, 0.5) is 0 Å². The normalized spacial score (nSPS) is 21.4. The average Bonchev–Trinajstić information content (AvgIpc) is 2.84. The number of amides is 1. The monoisotopic (exact) mass is 296 g/mol. The Morgan fingerprint density at radius 2 is 2.05 bits per heavy atom. The number of hydrogen-bond acceptors (Lipinski definition) is 2. The highest BCUT2D eigenvalue weighted by molar-refractivity contribution is 5.85. The molecule has 0 saturated heterocycles. The minimum atomic E-state index is 0. The van der Waals surface area contributed by atoms with Crippen LogP contribution < -0.4 is 5.73 Å². The fraction of sp³-hybridized carbons (Fsp3) is 0.562. The van der Waals surface area contributed by atoms with E-state index >= 15 is 0 Å². The fourth-order valence-corrected chi connectivity index (χ4v) is 2.84. The van der Waals surface area contributed by atoms with Crippen molar-refractivity contribution in [2.24, 2.45) is 11.7 Å². The molecule has 0 aromatic heterocycles. The first-order chi connectivity index (χ1) is 9.11. The summed E-state index contributed by atoms with van der Waals surface area (Å²) >= 11 is 0. The largest absolute Gasteiger partial charge is 0.338 e. The van der Waals surface area contributed by atoms with Gasteiger partial charge in [-0.25, -0.2) is 0 Å². The van der Waals surface area contributed by atoms with Crippen LogP contribution >= 0.6 is 12.4 Å². The molecule has 20 heavy (non-hydrogen) atoms. The molecule has 0 radical (unpaired) electrons. The Morgan fingerprint density at radius 3 is 2.60 bits per heavy atom. The first-order valence-electron chi connectivity index (χ1n) is 7.20. The lowest BCUT2D eigenvalue weighted by Gasteiger charge is -2.25. The van der Waals surface area contributed by atoms with Gasteiger partial charge < -0.3 is 10.6 Å². The molecule has 4 heteroatoms. The molecule has 112 valence electrons. The molecule has 2 unspecified atom stereocenters. The zero-order valence-corrected chi connectivity index (χ0v) is 13.2. The van der Waals surface area contributed by atoms with E-state index in [0.29, 0.717) is 6.54 Å². The van der Waals surface area contributed by atoms with Gasteiger partial charge in [-0.3, -0.25) is 4.79 Å².